The molecule has 2 aromatic carbocycles. The molecule has 0 radical (unpaired) electrons. The maximum Gasteiger partial charge on any atom is 0.459 e. The number of carbonyl (C=O) groups excluding carboxylic acids is 1. The van der Waals surface area contributed by atoms with Gasteiger partial charge in [-0.05, 0) is 32.2 Å². The average molecular weight is 626 g/mol. The number of nitrogen functional groups attached to an aromatic ring is 1. The van der Waals surface area contributed by atoms with E-state index in [-0.39, 0.29) is 35.3 Å². The van der Waals surface area contributed by atoms with Gasteiger partial charge >= 0.3 is 13.7 Å². The lowest BCUT2D eigenvalue weighted by atomic mass is 9.84. The minimum Gasteiger partial charge on any atom is -0.479 e. The SMILES string of the molecule is CCOC(=O)C(C)NP(=O)(OCC1OC(n2cnc3c(OC)nc(N)nc32)C(C)(C#N)C1O)Oc1cccc2ccccc12. The molecule has 1 saturated heterocycles. The highest BCUT2D eigenvalue weighted by atomic mass is 31.2. The van der Waals surface area contributed by atoms with Crippen LogP contribution in [0.25, 0.3) is 21.9 Å². The van der Waals surface area contributed by atoms with Gasteiger partial charge in [0.05, 0.1) is 32.7 Å². The van der Waals surface area contributed by atoms with Gasteiger partial charge in [-0.2, -0.15) is 20.3 Å². The van der Waals surface area contributed by atoms with Crippen molar-refractivity contribution < 1.29 is 37.7 Å². The van der Waals surface area contributed by atoms with Gasteiger partial charge in [0.2, 0.25) is 11.8 Å². The number of nitrogens with two attached hydrogens (primary N) is 1. The van der Waals surface area contributed by atoms with Crippen molar-refractivity contribution in [1.29, 1.82) is 5.26 Å². The van der Waals surface area contributed by atoms with Crippen LogP contribution in [-0.4, -0.2) is 69.2 Å². The summed E-state index contributed by atoms with van der Waals surface area (Å²) in [4.78, 5) is 24.9. The zero-order valence-corrected chi connectivity index (χ0v) is 25.3. The van der Waals surface area contributed by atoms with Gasteiger partial charge in [0.25, 0.3) is 0 Å². The number of benzene rings is 2. The van der Waals surface area contributed by atoms with Gasteiger partial charge in [0.15, 0.2) is 17.4 Å². The number of nitriles is 1. The van der Waals surface area contributed by atoms with Gasteiger partial charge in [0, 0.05) is 5.39 Å². The zero-order valence-electron chi connectivity index (χ0n) is 24.4. The fourth-order valence-corrected chi connectivity index (χ4v) is 6.48. The summed E-state index contributed by atoms with van der Waals surface area (Å²) < 4.78 is 43.8. The molecule has 0 bridgehead atoms. The number of carbonyl (C=O) groups is 1. The maximum atomic E-state index is 14.2. The molecular weight excluding hydrogens is 593 g/mol. The number of anilines is 1. The summed E-state index contributed by atoms with van der Waals surface area (Å²) in [5, 5.41) is 25.6. The van der Waals surface area contributed by atoms with Gasteiger partial charge in [-0.15, -0.1) is 0 Å². The third-order valence-corrected chi connectivity index (χ3v) is 8.88. The fourth-order valence-electron chi connectivity index (χ4n) is 4.96. The molecule has 1 aliphatic heterocycles. The minimum absolute atomic E-state index is 0.0958. The second-order valence-corrected chi connectivity index (χ2v) is 11.9. The Morgan fingerprint density at radius 1 is 1.30 bits per heavy atom. The molecule has 1 aliphatic rings. The predicted molar refractivity (Wildman–Crippen MR) is 157 cm³/mol. The van der Waals surface area contributed by atoms with Gasteiger partial charge in [-0.1, -0.05) is 36.4 Å². The van der Waals surface area contributed by atoms with E-state index in [9.17, 15) is 19.7 Å². The Morgan fingerprint density at radius 2 is 2.05 bits per heavy atom. The Labute approximate surface area is 252 Å². The molecule has 4 N–H and O–H groups in total. The highest BCUT2D eigenvalue weighted by Gasteiger charge is 2.56. The van der Waals surface area contributed by atoms with Crippen LogP contribution in [0.1, 0.15) is 27.0 Å². The van der Waals surface area contributed by atoms with Crippen LogP contribution in [0.5, 0.6) is 11.6 Å². The van der Waals surface area contributed by atoms with E-state index in [0.29, 0.717) is 5.39 Å². The zero-order chi connectivity index (χ0) is 31.6. The Bertz CT molecular complexity index is 1770. The smallest absolute Gasteiger partial charge is 0.459 e. The van der Waals surface area contributed by atoms with E-state index in [1.165, 1.54) is 31.9 Å². The summed E-state index contributed by atoms with van der Waals surface area (Å²) in [6.07, 6.45) is -2.35. The second-order valence-electron chi connectivity index (χ2n) is 10.2. The number of rotatable bonds is 11. The first-order valence-electron chi connectivity index (χ1n) is 13.7. The molecule has 0 spiro atoms. The van der Waals surface area contributed by atoms with Crippen molar-refractivity contribution in [2.24, 2.45) is 5.41 Å². The molecule has 2 aromatic heterocycles. The molecule has 4 aromatic rings. The minimum atomic E-state index is -4.34. The lowest BCUT2D eigenvalue weighted by Crippen LogP contribution is -2.39. The van der Waals surface area contributed by atoms with Crippen LogP contribution in [0.2, 0.25) is 0 Å². The van der Waals surface area contributed by atoms with Crippen LogP contribution < -0.4 is 20.1 Å². The largest absolute Gasteiger partial charge is 0.479 e. The van der Waals surface area contributed by atoms with Crippen molar-refractivity contribution in [1.82, 2.24) is 24.6 Å². The first kappa shape index (κ1) is 31.1. The van der Waals surface area contributed by atoms with Gasteiger partial charge in [0.1, 0.15) is 29.4 Å². The summed E-state index contributed by atoms with van der Waals surface area (Å²) in [5.74, 6) is -0.410. The van der Waals surface area contributed by atoms with E-state index < -0.39 is 50.2 Å². The highest BCUT2D eigenvalue weighted by Crippen LogP contribution is 2.50. The number of hydrogen-bond acceptors (Lipinski definition) is 13. The molecule has 0 saturated carbocycles. The monoisotopic (exact) mass is 625 g/mol. The number of aliphatic hydroxyl groups excluding tert-OH is 1. The molecule has 6 atom stereocenters. The molecule has 15 nitrogen and oxygen atoms in total. The van der Waals surface area contributed by atoms with E-state index in [0.717, 1.165) is 5.39 Å². The fraction of sp³-hybridized carbons (Fsp3) is 0.393. The number of aromatic nitrogens is 4. The summed E-state index contributed by atoms with van der Waals surface area (Å²) in [7, 11) is -2.94. The Kier molecular flexibility index (Phi) is 8.73. The van der Waals surface area contributed by atoms with E-state index in [2.05, 4.69) is 26.1 Å². The number of esters is 1. The third kappa shape index (κ3) is 5.78. The molecular formula is C28H32N7O8P. The first-order chi connectivity index (χ1) is 21.0. The van der Waals surface area contributed by atoms with Crippen molar-refractivity contribution in [2.45, 2.75) is 45.2 Å². The number of fused-ring (bicyclic) bond motifs is 2. The predicted octanol–water partition coefficient (Wildman–Crippen LogP) is 3.10. The molecule has 44 heavy (non-hydrogen) atoms. The average Bonchev–Trinajstić information content (AvgIpc) is 3.54. The van der Waals surface area contributed by atoms with Crippen molar-refractivity contribution in [3.8, 4) is 17.7 Å². The van der Waals surface area contributed by atoms with E-state index >= 15 is 0 Å². The number of nitrogens with zero attached hydrogens (tertiary/aromatic N) is 5. The molecule has 0 amide bonds. The van der Waals surface area contributed by atoms with Crippen LogP contribution in [0.15, 0.2) is 48.8 Å². The summed E-state index contributed by atoms with van der Waals surface area (Å²) in [6, 6.07) is 13.5. The molecule has 5 rings (SSSR count). The van der Waals surface area contributed by atoms with E-state index in [1.807, 2.05) is 18.2 Å². The quantitative estimate of drug-likeness (QED) is 0.162. The lowest BCUT2D eigenvalue weighted by molar-refractivity contribution is -0.144. The summed E-state index contributed by atoms with van der Waals surface area (Å²) in [5.41, 5.74) is 4.79. The molecule has 0 aliphatic carbocycles. The number of hydrogen-bond donors (Lipinski definition) is 3. The topological polar surface area (TPSA) is 206 Å². The lowest BCUT2D eigenvalue weighted by Gasteiger charge is -2.26. The Morgan fingerprint density at radius 3 is 2.77 bits per heavy atom. The molecule has 16 heteroatoms. The number of aliphatic hydroxyl groups is 1. The Hall–Kier alpha value is -4.32. The number of ether oxygens (including phenoxy) is 3. The number of methoxy groups -OCH3 is 1. The third-order valence-electron chi connectivity index (χ3n) is 7.25. The van der Waals surface area contributed by atoms with Crippen LogP contribution in [0.4, 0.5) is 5.95 Å². The first-order valence-corrected chi connectivity index (χ1v) is 15.2. The van der Waals surface area contributed by atoms with Crippen LogP contribution in [0, 0.1) is 16.7 Å². The molecule has 3 heterocycles. The van der Waals surface area contributed by atoms with Crippen LogP contribution in [-0.2, 0) is 23.4 Å². The summed E-state index contributed by atoms with van der Waals surface area (Å²) >= 11 is 0. The van der Waals surface area contributed by atoms with Gasteiger partial charge in [-0.25, -0.2) is 9.55 Å². The van der Waals surface area contributed by atoms with Crippen LogP contribution in [0.3, 0.4) is 0 Å². The maximum absolute atomic E-state index is 14.2. The molecule has 232 valence electrons. The summed E-state index contributed by atoms with van der Waals surface area (Å²) in [6.45, 7) is 4.22. The normalized spacial score (nSPS) is 23.6. The van der Waals surface area contributed by atoms with Crippen molar-refractivity contribution >= 4 is 41.6 Å². The standard InChI is InChI=1S/C28H32N7O8P/c1-5-40-25(37)16(2)34-44(38,43-19-12-8-10-17-9-6-7-11-18(17)19)41-13-20-22(36)28(3,14-29)26(42-20)35-15-31-21-23(35)32-27(30)33-24(21)39-4/h6-12,15-16,20,22,26,36H,5,13H2,1-4H3,(H,34,38)(H2,30,32,33). The molecule has 1 fully saturated rings. The van der Waals surface area contributed by atoms with Crippen molar-refractivity contribution in [3.05, 3.63) is 48.8 Å². The Balaban J connectivity index is 1.44. The van der Waals surface area contributed by atoms with Crippen molar-refractivity contribution in [2.75, 3.05) is 26.1 Å². The highest BCUT2D eigenvalue weighted by molar-refractivity contribution is 7.52. The van der Waals surface area contributed by atoms with Crippen LogP contribution >= 0.6 is 7.75 Å². The second kappa shape index (κ2) is 12.4. The van der Waals surface area contributed by atoms with Gasteiger partial charge in [-0.3, -0.25) is 13.9 Å². The van der Waals surface area contributed by atoms with E-state index in [4.69, 9.17) is 29.0 Å². The van der Waals surface area contributed by atoms with Gasteiger partial charge < -0.3 is 29.6 Å². The van der Waals surface area contributed by atoms with E-state index in [1.54, 1.807) is 31.2 Å². The van der Waals surface area contributed by atoms with Crippen molar-refractivity contribution in [3.63, 3.8) is 0 Å². The number of imidazole rings is 1. The number of nitrogens with one attached hydrogen (secondary N) is 1. The molecule has 6 unspecified atom stereocenters.